The fourth-order valence-electron chi connectivity index (χ4n) is 0.424. The van der Waals surface area contributed by atoms with E-state index in [9.17, 15) is 0 Å². The summed E-state index contributed by atoms with van der Waals surface area (Å²) in [6.07, 6.45) is 1.51. The van der Waals surface area contributed by atoms with Crippen molar-refractivity contribution < 1.29 is 4.74 Å². The Morgan fingerprint density at radius 1 is 1.67 bits per heavy atom. The highest BCUT2D eigenvalue weighted by molar-refractivity contribution is 4.39. The Hall–Kier alpha value is -0.970. The highest BCUT2D eigenvalue weighted by Gasteiger charge is 1.87. The van der Waals surface area contributed by atoms with Gasteiger partial charge in [0.15, 0.2) is 0 Å². The minimum atomic E-state index is 0.434. The Kier molecular flexibility index (Phi) is 2.14. The van der Waals surface area contributed by atoms with Gasteiger partial charge in [-0.2, -0.15) is 0 Å². The molecule has 1 heterocycles. The van der Waals surface area contributed by atoms with Gasteiger partial charge in [0.1, 0.15) is 13.1 Å². The molecule has 0 bridgehead atoms. The lowest BCUT2D eigenvalue weighted by atomic mass is 10.9. The number of aromatic nitrogens is 4. The average molecular weight is 128 g/mol. The maximum atomic E-state index is 5.00. The van der Waals surface area contributed by atoms with E-state index >= 15 is 0 Å². The molecule has 5 nitrogen and oxygen atoms in total. The van der Waals surface area contributed by atoms with Crippen LogP contribution in [0, 0.1) is 0 Å². The molecule has 0 radical (unpaired) electrons. The maximum Gasteiger partial charge on any atom is 0.142 e. The molecule has 0 unspecified atom stereocenters. The highest BCUT2D eigenvalue weighted by atomic mass is 16.5. The number of hydrogen-bond acceptors (Lipinski definition) is 4. The van der Waals surface area contributed by atoms with Gasteiger partial charge in [-0.15, -0.1) is 5.10 Å². The van der Waals surface area contributed by atoms with Gasteiger partial charge in [-0.25, -0.2) is 4.68 Å². The van der Waals surface area contributed by atoms with Gasteiger partial charge in [-0.1, -0.05) is 0 Å². The van der Waals surface area contributed by atoms with Crippen molar-refractivity contribution in [2.75, 3.05) is 6.61 Å². The lowest BCUT2D eigenvalue weighted by molar-refractivity contribution is 0.0777. The van der Waals surface area contributed by atoms with E-state index < -0.39 is 0 Å². The lowest BCUT2D eigenvalue weighted by Crippen LogP contribution is -2.02. The zero-order chi connectivity index (χ0) is 6.53. The van der Waals surface area contributed by atoms with Gasteiger partial charge in [0.2, 0.25) is 0 Å². The molecule has 50 valence electrons. The topological polar surface area (TPSA) is 52.8 Å². The first-order valence-corrected chi connectivity index (χ1v) is 2.72. The van der Waals surface area contributed by atoms with Gasteiger partial charge in [0, 0.05) is 6.61 Å². The second-order valence-electron chi connectivity index (χ2n) is 1.47. The second-order valence-corrected chi connectivity index (χ2v) is 1.47. The summed E-state index contributed by atoms with van der Waals surface area (Å²) < 4.78 is 6.52. The van der Waals surface area contributed by atoms with Crippen LogP contribution in [0.25, 0.3) is 0 Å². The van der Waals surface area contributed by atoms with E-state index in [-0.39, 0.29) is 0 Å². The third-order valence-corrected chi connectivity index (χ3v) is 0.819. The molecule has 0 N–H and O–H groups in total. The first-order chi connectivity index (χ1) is 4.43. The van der Waals surface area contributed by atoms with Crippen LogP contribution in [0.5, 0.6) is 0 Å². The molecule has 0 fully saturated rings. The SMILES string of the molecule is CCOCn1cnnn1. The summed E-state index contributed by atoms with van der Waals surface area (Å²) in [5.74, 6) is 0. The van der Waals surface area contributed by atoms with Crippen LogP contribution in [0.1, 0.15) is 6.92 Å². The van der Waals surface area contributed by atoms with Crippen molar-refractivity contribution in [1.82, 2.24) is 20.2 Å². The minimum Gasteiger partial charge on any atom is -0.359 e. The van der Waals surface area contributed by atoms with E-state index in [1.54, 1.807) is 0 Å². The maximum absolute atomic E-state index is 5.00. The van der Waals surface area contributed by atoms with Gasteiger partial charge in [0.05, 0.1) is 0 Å². The van der Waals surface area contributed by atoms with Crippen LogP contribution in [-0.4, -0.2) is 26.8 Å². The van der Waals surface area contributed by atoms with Gasteiger partial charge in [0.25, 0.3) is 0 Å². The summed E-state index contributed by atoms with van der Waals surface area (Å²) in [5.41, 5.74) is 0. The van der Waals surface area contributed by atoms with Crippen LogP contribution in [0.2, 0.25) is 0 Å². The Bertz CT molecular complexity index is 150. The van der Waals surface area contributed by atoms with Crippen molar-refractivity contribution in [3.05, 3.63) is 6.33 Å². The summed E-state index contributed by atoms with van der Waals surface area (Å²) in [4.78, 5) is 0. The molecule has 0 aliphatic carbocycles. The largest absolute Gasteiger partial charge is 0.359 e. The van der Waals surface area contributed by atoms with Crippen molar-refractivity contribution in [2.24, 2.45) is 0 Å². The van der Waals surface area contributed by atoms with Crippen LogP contribution in [0.15, 0.2) is 6.33 Å². The molecule has 0 saturated carbocycles. The average Bonchev–Trinajstić information content (AvgIpc) is 2.34. The van der Waals surface area contributed by atoms with Gasteiger partial charge in [-0.3, -0.25) is 0 Å². The second kappa shape index (κ2) is 3.13. The molecule has 0 aliphatic heterocycles. The zero-order valence-electron chi connectivity index (χ0n) is 5.19. The van der Waals surface area contributed by atoms with E-state index in [0.29, 0.717) is 13.3 Å². The molecule has 9 heavy (non-hydrogen) atoms. The summed E-state index contributed by atoms with van der Waals surface area (Å²) in [6, 6.07) is 0. The molecular weight excluding hydrogens is 120 g/mol. The van der Waals surface area contributed by atoms with E-state index in [1.165, 1.54) is 11.0 Å². The fourth-order valence-corrected chi connectivity index (χ4v) is 0.424. The molecule has 1 aromatic heterocycles. The standard InChI is InChI=1S/C4H8N4O/c1-2-9-4-8-3-5-6-7-8/h3H,2,4H2,1H3. The molecule has 0 amide bonds. The molecular formula is C4H8N4O. The summed E-state index contributed by atoms with van der Waals surface area (Å²) in [5, 5.41) is 10.4. The zero-order valence-corrected chi connectivity index (χ0v) is 5.19. The van der Waals surface area contributed by atoms with Crippen molar-refractivity contribution in [1.29, 1.82) is 0 Å². The summed E-state index contributed by atoms with van der Waals surface area (Å²) >= 11 is 0. The predicted octanol–water partition coefficient (Wildman–Crippen LogP) is -0.333. The van der Waals surface area contributed by atoms with Crippen molar-refractivity contribution in [3.8, 4) is 0 Å². The van der Waals surface area contributed by atoms with Crippen LogP contribution >= 0.6 is 0 Å². The van der Waals surface area contributed by atoms with Crippen LogP contribution in [0.4, 0.5) is 0 Å². The fraction of sp³-hybridized carbons (Fsp3) is 0.750. The van der Waals surface area contributed by atoms with Gasteiger partial charge < -0.3 is 4.74 Å². The predicted molar refractivity (Wildman–Crippen MR) is 29.4 cm³/mol. The van der Waals surface area contributed by atoms with Crippen molar-refractivity contribution >= 4 is 0 Å². The van der Waals surface area contributed by atoms with Crippen molar-refractivity contribution in [3.63, 3.8) is 0 Å². The Morgan fingerprint density at radius 2 is 2.56 bits per heavy atom. The van der Waals surface area contributed by atoms with Crippen LogP contribution < -0.4 is 0 Å². The summed E-state index contributed by atoms with van der Waals surface area (Å²) in [7, 11) is 0. The number of rotatable bonds is 3. The monoisotopic (exact) mass is 128 g/mol. The molecule has 0 atom stereocenters. The van der Waals surface area contributed by atoms with Crippen molar-refractivity contribution in [2.45, 2.75) is 13.7 Å². The normalized spacial score (nSPS) is 9.89. The molecule has 1 aromatic rings. The Balaban J connectivity index is 2.30. The highest BCUT2D eigenvalue weighted by Crippen LogP contribution is 1.78. The molecule has 0 spiro atoms. The van der Waals surface area contributed by atoms with Gasteiger partial charge >= 0.3 is 0 Å². The number of nitrogens with zero attached hydrogens (tertiary/aromatic N) is 4. The Morgan fingerprint density at radius 3 is 3.11 bits per heavy atom. The van der Waals surface area contributed by atoms with E-state index in [2.05, 4.69) is 15.5 Å². The Labute approximate surface area is 52.6 Å². The minimum absolute atomic E-state index is 0.434. The first kappa shape index (κ1) is 6.15. The quantitative estimate of drug-likeness (QED) is 0.559. The van der Waals surface area contributed by atoms with Gasteiger partial charge in [-0.05, 0) is 17.4 Å². The lowest BCUT2D eigenvalue weighted by Gasteiger charge is -1.95. The first-order valence-electron chi connectivity index (χ1n) is 2.72. The third-order valence-electron chi connectivity index (χ3n) is 0.819. The van der Waals surface area contributed by atoms with E-state index in [4.69, 9.17) is 4.74 Å². The smallest absolute Gasteiger partial charge is 0.142 e. The van der Waals surface area contributed by atoms with Crippen LogP contribution in [-0.2, 0) is 11.5 Å². The molecule has 5 heteroatoms. The third kappa shape index (κ3) is 1.77. The number of tetrazole rings is 1. The number of hydrogen-bond donors (Lipinski definition) is 0. The van der Waals surface area contributed by atoms with E-state index in [0.717, 1.165) is 0 Å². The molecule has 0 saturated heterocycles. The summed E-state index contributed by atoms with van der Waals surface area (Å²) in [6.45, 7) is 3.04. The molecule has 0 aliphatic rings. The van der Waals surface area contributed by atoms with Crippen LogP contribution in [0.3, 0.4) is 0 Å². The molecule has 1 rings (SSSR count). The van der Waals surface area contributed by atoms with E-state index in [1.807, 2.05) is 6.92 Å². The number of ether oxygens (including phenoxy) is 1. The molecule has 0 aromatic carbocycles.